The van der Waals surface area contributed by atoms with Gasteiger partial charge in [-0.05, 0) is 6.07 Å². The van der Waals surface area contributed by atoms with Crippen molar-refractivity contribution in [2.45, 2.75) is 0 Å². The summed E-state index contributed by atoms with van der Waals surface area (Å²) in [7, 11) is 3.97. The van der Waals surface area contributed by atoms with Crippen LogP contribution >= 0.6 is 0 Å². The number of nitriles is 1. The lowest BCUT2D eigenvalue weighted by atomic mass is 10.1. The Morgan fingerprint density at radius 2 is 1.90 bits per heavy atom. The third kappa shape index (κ3) is 1.87. The van der Waals surface area contributed by atoms with Gasteiger partial charge in [-0.1, -0.05) is 0 Å². The number of ether oxygens (including phenoxy) is 4. The van der Waals surface area contributed by atoms with Crippen molar-refractivity contribution in [1.29, 1.82) is 5.26 Å². The molecule has 0 fully saturated rings. The first-order valence-electron chi connectivity index (χ1n) is 5.48. The fourth-order valence-electron chi connectivity index (χ4n) is 1.95. The Bertz CT molecular complexity index is 697. The number of carbonyl (C=O) groups excluding carboxylic acids is 1. The van der Waals surface area contributed by atoms with Crippen LogP contribution in [0.2, 0.25) is 0 Å². The minimum atomic E-state index is -0.714. The molecule has 2 aromatic rings. The third-order valence-electron chi connectivity index (χ3n) is 2.72. The minimum Gasteiger partial charge on any atom is -0.495 e. The highest BCUT2D eigenvalue weighted by molar-refractivity contribution is 6.06. The molecule has 0 radical (unpaired) electrons. The van der Waals surface area contributed by atoms with E-state index < -0.39 is 5.97 Å². The quantitative estimate of drug-likeness (QED) is 0.624. The summed E-state index contributed by atoms with van der Waals surface area (Å²) >= 11 is 0. The molecule has 0 aliphatic carbocycles. The third-order valence-corrected chi connectivity index (χ3v) is 2.72. The Morgan fingerprint density at radius 3 is 2.45 bits per heavy atom. The van der Waals surface area contributed by atoms with E-state index in [-0.39, 0.29) is 22.8 Å². The number of esters is 1. The van der Waals surface area contributed by atoms with Crippen molar-refractivity contribution in [3.63, 3.8) is 0 Å². The lowest BCUT2D eigenvalue weighted by Gasteiger charge is -2.14. The molecule has 7 heteroatoms. The molecular formula is C13H11NO6. The van der Waals surface area contributed by atoms with Gasteiger partial charge >= 0.3 is 5.97 Å². The molecule has 0 atom stereocenters. The first-order chi connectivity index (χ1) is 9.69. The van der Waals surface area contributed by atoms with Gasteiger partial charge < -0.3 is 23.4 Å². The number of hydrogen-bond donors (Lipinski definition) is 0. The van der Waals surface area contributed by atoms with Crippen LogP contribution in [0.3, 0.4) is 0 Å². The average molecular weight is 277 g/mol. The number of nitrogens with zero attached hydrogens (tertiary/aromatic N) is 1. The van der Waals surface area contributed by atoms with Gasteiger partial charge in [-0.3, -0.25) is 0 Å². The largest absolute Gasteiger partial charge is 0.495 e. The van der Waals surface area contributed by atoms with Gasteiger partial charge in [-0.2, -0.15) is 0 Å². The van der Waals surface area contributed by atoms with Gasteiger partial charge in [0.1, 0.15) is 5.75 Å². The number of hydrogen-bond acceptors (Lipinski definition) is 7. The molecule has 0 saturated carbocycles. The highest BCUT2D eigenvalue weighted by Gasteiger charge is 2.29. The molecule has 0 saturated heterocycles. The smallest absolute Gasteiger partial charge is 0.345 e. The maximum atomic E-state index is 11.9. The molecule has 1 heterocycles. The topological polar surface area (TPSA) is 90.9 Å². The van der Waals surface area contributed by atoms with E-state index in [1.807, 2.05) is 0 Å². The maximum Gasteiger partial charge on any atom is 0.345 e. The molecule has 0 spiro atoms. The second-order valence-electron chi connectivity index (χ2n) is 3.62. The molecule has 0 N–H and O–H groups in total. The number of methoxy groups -OCH3 is 3. The summed E-state index contributed by atoms with van der Waals surface area (Å²) in [5.74, 6) is -0.519. The van der Waals surface area contributed by atoms with E-state index in [1.165, 1.54) is 33.8 Å². The van der Waals surface area contributed by atoms with Crippen LogP contribution in [0.1, 0.15) is 10.4 Å². The van der Waals surface area contributed by atoms with Crippen molar-refractivity contribution in [3.05, 3.63) is 17.9 Å². The summed E-state index contributed by atoms with van der Waals surface area (Å²) < 4.78 is 25.2. The monoisotopic (exact) mass is 277 g/mol. The van der Waals surface area contributed by atoms with Crippen molar-refractivity contribution < 1.29 is 28.2 Å². The Hall–Kier alpha value is -2.88. The second-order valence-corrected chi connectivity index (χ2v) is 3.62. The van der Waals surface area contributed by atoms with Gasteiger partial charge in [-0.25, -0.2) is 4.79 Å². The summed E-state index contributed by atoms with van der Waals surface area (Å²) in [6.45, 7) is 0. The summed E-state index contributed by atoms with van der Waals surface area (Å²) in [4.78, 5) is 11.9. The van der Waals surface area contributed by atoms with Crippen LogP contribution in [0.25, 0.3) is 11.0 Å². The van der Waals surface area contributed by atoms with E-state index in [9.17, 15) is 4.79 Å². The van der Waals surface area contributed by atoms with Crippen molar-refractivity contribution in [2.24, 2.45) is 0 Å². The van der Waals surface area contributed by atoms with Crippen molar-refractivity contribution in [3.8, 4) is 23.5 Å². The van der Waals surface area contributed by atoms with Crippen LogP contribution in [0.15, 0.2) is 16.7 Å². The normalized spacial score (nSPS) is 9.90. The zero-order valence-corrected chi connectivity index (χ0v) is 11.1. The van der Waals surface area contributed by atoms with Gasteiger partial charge in [0, 0.05) is 0 Å². The number of furan rings is 1. The number of rotatable bonds is 4. The first-order valence-corrected chi connectivity index (χ1v) is 5.48. The Balaban J connectivity index is 2.93. The van der Waals surface area contributed by atoms with Crippen LogP contribution in [-0.4, -0.2) is 27.3 Å². The summed E-state index contributed by atoms with van der Waals surface area (Å²) in [6.07, 6.45) is 2.91. The lowest BCUT2D eigenvalue weighted by molar-refractivity contribution is 0.0594. The van der Waals surface area contributed by atoms with Gasteiger partial charge in [0.15, 0.2) is 11.1 Å². The fraction of sp³-hybridized carbons (Fsp3) is 0.231. The fourth-order valence-corrected chi connectivity index (χ4v) is 1.95. The van der Waals surface area contributed by atoms with E-state index in [1.54, 1.807) is 6.07 Å². The van der Waals surface area contributed by atoms with Crippen LogP contribution in [0, 0.1) is 11.5 Å². The van der Waals surface area contributed by atoms with E-state index in [2.05, 4.69) is 0 Å². The first kappa shape index (κ1) is 13.5. The van der Waals surface area contributed by atoms with Crippen LogP contribution in [-0.2, 0) is 4.74 Å². The minimum absolute atomic E-state index is 0.0395. The molecule has 1 aromatic carbocycles. The zero-order chi connectivity index (χ0) is 14.7. The van der Waals surface area contributed by atoms with Crippen LogP contribution in [0.4, 0.5) is 0 Å². The van der Waals surface area contributed by atoms with E-state index in [4.69, 9.17) is 28.6 Å². The number of fused-ring (bicyclic) bond motifs is 1. The SMILES string of the molecule is COC(=O)c1c(OC#N)c(OC)c2occc2c1OC. The predicted octanol–water partition coefficient (Wildman–Crippen LogP) is 2.10. The molecule has 104 valence electrons. The van der Waals surface area contributed by atoms with Crippen molar-refractivity contribution in [2.75, 3.05) is 21.3 Å². The van der Waals surface area contributed by atoms with E-state index in [0.717, 1.165) is 0 Å². The van der Waals surface area contributed by atoms with Crippen molar-refractivity contribution >= 4 is 16.9 Å². The van der Waals surface area contributed by atoms with Gasteiger partial charge in [0.25, 0.3) is 6.26 Å². The molecule has 2 rings (SSSR count). The average Bonchev–Trinajstić information content (AvgIpc) is 2.94. The Kier molecular flexibility index (Phi) is 3.66. The number of carbonyl (C=O) groups is 1. The standard InChI is InChI=1S/C13H11NO6/c1-16-9-7-4-5-19-10(7)12(17-2)11(20-6-14)8(9)13(15)18-3/h4-5H,1-3H3. The van der Waals surface area contributed by atoms with Crippen LogP contribution < -0.4 is 14.2 Å². The number of benzene rings is 1. The molecule has 7 nitrogen and oxygen atoms in total. The molecule has 20 heavy (non-hydrogen) atoms. The summed E-state index contributed by atoms with van der Waals surface area (Å²) in [5.41, 5.74) is 0.268. The predicted molar refractivity (Wildman–Crippen MR) is 66.9 cm³/mol. The second kappa shape index (κ2) is 5.40. The zero-order valence-electron chi connectivity index (χ0n) is 11.1. The van der Waals surface area contributed by atoms with Gasteiger partial charge in [0.2, 0.25) is 11.5 Å². The molecule has 0 bridgehead atoms. The van der Waals surface area contributed by atoms with Crippen molar-refractivity contribution in [1.82, 2.24) is 0 Å². The van der Waals surface area contributed by atoms with Gasteiger partial charge in [-0.15, -0.1) is 5.26 Å². The molecule has 0 amide bonds. The maximum absolute atomic E-state index is 11.9. The highest BCUT2D eigenvalue weighted by atomic mass is 16.5. The van der Waals surface area contributed by atoms with E-state index in [0.29, 0.717) is 11.0 Å². The summed E-state index contributed by atoms with van der Waals surface area (Å²) in [5, 5.41) is 9.26. The van der Waals surface area contributed by atoms with Crippen LogP contribution in [0.5, 0.6) is 17.2 Å². The Morgan fingerprint density at radius 1 is 1.20 bits per heavy atom. The highest BCUT2D eigenvalue weighted by Crippen LogP contribution is 2.46. The van der Waals surface area contributed by atoms with E-state index >= 15 is 0 Å². The molecular weight excluding hydrogens is 266 g/mol. The Labute approximate surface area is 114 Å². The molecule has 0 aliphatic heterocycles. The molecule has 0 unspecified atom stereocenters. The lowest BCUT2D eigenvalue weighted by Crippen LogP contribution is -2.08. The van der Waals surface area contributed by atoms with Gasteiger partial charge in [0.05, 0.1) is 33.0 Å². The molecule has 0 aliphatic rings. The summed E-state index contributed by atoms with van der Waals surface area (Å²) in [6, 6.07) is 1.61. The molecule has 1 aromatic heterocycles.